The monoisotopic (exact) mass is 271 g/mol. The lowest BCUT2D eigenvalue weighted by molar-refractivity contribution is -0.144. The Kier molecular flexibility index (Phi) is 5.62. The van der Waals surface area contributed by atoms with Crippen LogP contribution in [0.1, 0.15) is 20.3 Å². The summed E-state index contributed by atoms with van der Waals surface area (Å²) < 4.78 is 12.7. The van der Waals surface area contributed by atoms with Gasteiger partial charge in [-0.15, -0.1) is 11.8 Å². The van der Waals surface area contributed by atoms with Crippen LogP contribution >= 0.6 is 11.8 Å². The van der Waals surface area contributed by atoms with Crippen molar-refractivity contribution in [3.8, 4) is 0 Å². The van der Waals surface area contributed by atoms with Crippen molar-refractivity contribution >= 4 is 17.7 Å². The van der Waals surface area contributed by atoms with Gasteiger partial charge in [0.15, 0.2) is 0 Å². The maximum absolute atomic E-state index is 12.7. The first kappa shape index (κ1) is 15.0. The van der Waals surface area contributed by atoms with Crippen molar-refractivity contribution in [2.75, 3.05) is 12.3 Å². The summed E-state index contributed by atoms with van der Waals surface area (Å²) in [6.45, 7) is 4.12. The quantitative estimate of drug-likeness (QED) is 0.591. The molecule has 0 saturated heterocycles. The zero-order valence-electron chi connectivity index (χ0n) is 10.6. The number of aliphatic carboxylic acids is 1. The summed E-state index contributed by atoms with van der Waals surface area (Å²) in [6.07, 6.45) is 0.531. The number of carbonyl (C=O) groups is 1. The molecule has 0 bridgehead atoms. The van der Waals surface area contributed by atoms with Gasteiger partial charge in [0.2, 0.25) is 0 Å². The van der Waals surface area contributed by atoms with Crippen LogP contribution in [0.15, 0.2) is 29.2 Å². The van der Waals surface area contributed by atoms with Crippen molar-refractivity contribution in [3.05, 3.63) is 30.1 Å². The maximum Gasteiger partial charge on any atom is 0.323 e. The fourth-order valence-corrected chi connectivity index (χ4v) is 2.15. The van der Waals surface area contributed by atoms with E-state index >= 15 is 0 Å². The number of carboxylic acid groups (broad SMARTS) is 1. The first-order valence-corrected chi connectivity index (χ1v) is 6.83. The van der Waals surface area contributed by atoms with Gasteiger partial charge in [-0.3, -0.25) is 4.79 Å². The summed E-state index contributed by atoms with van der Waals surface area (Å²) in [6, 6.07) is 6.28. The minimum Gasteiger partial charge on any atom is -0.480 e. The van der Waals surface area contributed by atoms with Crippen LogP contribution in [-0.2, 0) is 4.79 Å². The fourth-order valence-electron chi connectivity index (χ4n) is 1.38. The van der Waals surface area contributed by atoms with Crippen molar-refractivity contribution in [1.82, 2.24) is 5.32 Å². The first-order chi connectivity index (χ1) is 8.48. The number of halogens is 1. The highest BCUT2D eigenvalue weighted by Gasteiger charge is 2.29. The van der Waals surface area contributed by atoms with E-state index in [4.69, 9.17) is 5.11 Å². The molecule has 1 unspecified atom stereocenters. The summed E-state index contributed by atoms with van der Waals surface area (Å²) in [5, 5.41) is 12.1. The summed E-state index contributed by atoms with van der Waals surface area (Å²) >= 11 is 1.57. The zero-order valence-corrected chi connectivity index (χ0v) is 11.4. The highest BCUT2D eigenvalue weighted by atomic mass is 32.2. The third-order valence-corrected chi connectivity index (χ3v) is 3.89. The Labute approximate surface area is 111 Å². The Bertz CT molecular complexity index is 396. The fraction of sp³-hybridized carbons (Fsp3) is 0.462. The Morgan fingerprint density at radius 2 is 2.06 bits per heavy atom. The molecular formula is C13H18FNO2S. The highest BCUT2D eigenvalue weighted by molar-refractivity contribution is 7.99. The number of thioether (sulfide) groups is 1. The van der Waals surface area contributed by atoms with Gasteiger partial charge in [-0.1, -0.05) is 6.92 Å². The third kappa shape index (κ3) is 4.31. The number of rotatable bonds is 7. The lowest BCUT2D eigenvalue weighted by Gasteiger charge is -2.24. The minimum atomic E-state index is -0.872. The molecule has 0 radical (unpaired) electrons. The second kappa shape index (κ2) is 6.75. The second-order valence-electron chi connectivity index (χ2n) is 4.22. The molecule has 0 aromatic heterocycles. The van der Waals surface area contributed by atoms with Gasteiger partial charge in [-0.05, 0) is 37.6 Å². The van der Waals surface area contributed by atoms with Crippen LogP contribution < -0.4 is 5.32 Å². The van der Waals surface area contributed by atoms with Crippen LogP contribution in [0.5, 0.6) is 0 Å². The molecule has 1 rings (SSSR count). The summed E-state index contributed by atoms with van der Waals surface area (Å²) in [5.74, 6) is -0.340. The van der Waals surface area contributed by atoms with Crippen LogP contribution in [0.4, 0.5) is 4.39 Å². The van der Waals surface area contributed by atoms with Crippen LogP contribution in [0.2, 0.25) is 0 Å². The standard InChI is InChI=1S/C13H18FNO2S/c1-3-13(2,12(16)17)15-8-9-18-11-6-4-10(14)5-7-11/h4-7,15H,3,8-9H2,1-2H3,(H,16,17). The van der Waals surface area contributed by atoms with E-state index in [1.54, 1.807) is 30.8 Å². The lowest BCUT2D eigenvalue weighted by atomic mass is 9.99. The molecule has 0 heterocycles. The molecule has 0 aliphatic rings. The summed E-state index contributed by atoms with van der Waals surface area (Å²) in [7, 11) is 0. The van der Waals surface area contributed by atoms with Crippen LogP contribution in [-0.4, -0.2) is 28.9 Å². The molecule has 1 aromatic rings. The highest BCUT2D eigenvalue weighted by Crippen LogP contribution is 2.18. The Hall–Kier alpha value is -1.07. The molecule has 1 atom stereocenters. The Morgan fingerprint density at radius 3 is 2.56 bits per heavy atom. The van der Waals surface area contributed by atoms with Gasteiger partial charge in [-0.2, -0.15) is 0 Å². The van der Waals surface area contributed by atoms with E-state index < -0.39 is 11.5 Å². The molecule has 0 aliphatic heterocycles. The Balaban J connectivity index is 2.34. The largest absolute Gasteiger partial charge is 0.480 e. The molecule has 0 saturated carbocycles. The normalized spacial score (nSPS) is 14.2. The molecule has 0 spiro atoms. The van der Waals surface area contributed by atoms with E-state index in [9.17, 15) is 9.18 Å². The van der Waals surface area contributed by atoms with Crippen LogP contribution in [0, 0.1) is 5.82 Å². The van der Waals surface area contributed by atoms with Gasteiger partial charge in [-0.25, -0.2) is 4.39 Å². The molecular weight excluding hydrogens is 253 g/mol. The van der Waals surface area contributed by atoms with Gasteiger partial charge >= 0.3 is 5.97 Å². The zero-order chi connectivity index (χ0) is 13.6. The number of hydrogen-bond acceptors (Lipinski definition) is 3. The second-order valence-corrected chi connectivity index (χ2v) is 5.39. The number of carboxylic acids is 1. The van der Waals surface area contributed by atoms with Crippen molar-refractivity contribution < 1.29 is 14.3 Å². The van der Waals surface area contributed by atoms with E-state index in [0.29, 0.717) is 13.0 Å². The van der Waals surface area contributed by atoms with Crippen molar-refractivity contribution in [1.29, 1.82) is 0 Å². The van der Waals surface area contributed by atoms with Crippen LogP contribution in [0.25, 0.3) is 0 Å². The molecule has 5 heteroatoms. The predicted molar refractivity (Wildman–Crippen MR) is 71.5 cm³/mol. The Morgan fingerprint density at radius 1 is 1.44 bits per heavy atom. The van der Waals surface area contributed by atoms with Gasteiger partial charge in [0.05, 0.1) is 0 Å². The maximum atomic E-state index is 12.7. The smallest absolute Gasteiger partial charge is 0.323 e. The van der Waals surface area contributed by atoms with Crippen molar-refractivity contribution in [3.63, 3.8) is 0 Å². The number of hydrogen-bond donors (Lipinski definition) is 2. The van der Waals surface area contributed by atoms with Gasteiger partial charge in [0.25, 0.3) is 0 Å². The number of benzene rings is 1. The van der Waals surface area contributed by atoms with E-state index in [0.717, 1.165) is 10.6 Å². The van der Waals surface area contributed by atoms with E-state index in [1.807, 2.05) is 6.92 Å². The molecule has 0 fully saturated rings. The predicted octanol–water partition coefficient (Wildman–Crippen LogP) is 2.76. The lowest BCUT2D eigenvalue weighted by Crippen LogP contribution is -2.49. The SMILES string of the molecule is CCC(C)(NCCSc1ccc(F)cc1)C(=O)O. The average molecular weight is 271 g/mol. The molecule has 0 amide bonds. The topological polar surface area (TPSA) is 49.3 Å². The average Bonchev–Trinajstić information content (AvgIpc) is 2.36. The van der Waals surface area contributed by atoms with E-state index in [2.05, 4.69) is 5.32 Å². The molecule has 0 aliphatic carbocycles. The third-order valence-electron chi connectivity index (χ3n) is 2.88. The van der Waals surface area contributed by atoms with Gasteiger partial charge in [0.1, 0.15) is 11.4 Å². The molecule has 1 aromatic carbocycles. The van der Waals surface area contributed by atoms with E-state index in [1.165, 1.54) is 12.1 Å². The van der Waals surface area contributed by atoms with Crippen molar-refractivity contribution in [2.24, 2.45) is 0 Å². The molecule has 18 heavy (non-hydrogen) atoms. The van der Waals surface area contributed by atoms with Crippen LogP contribution in [0.3, 0.4) is 0 Å². The summed E-state index contributed by atoms with van der Waals surface area (Å²) in [5.41, 5.74) is -0.872. The molecule has 100 valence electrons. The molecule has 2 N–H and O–H groups in total. The van der Waals surface area contributed by atoms with Gasteiger partial charge in [0, 0.05) is 17.2 Å². The van der Waals surface area contributed by atoms with Crippen molar-refractivity contribution in [2.45, 2.75) is 30.7 Å². The summed E-state index contributed by atoms with van der Waals surface area (Å²) in [4.78, 5) is 12.0. The number of nitrogens with one attached hydrogen (secondary N) is 1. The van der Waals surface area contributed by atoms with Gasteiger partial charge < -0.3 is 10.4 Å². The minimum absolute atomic E-state index is 0.248. The molecule has 3 nitrogen and oxygen atoms in total. The van der Waals surface area contributed by atoms with E-state index in [-0.39, 0.29) is 5.82 Å². The first-order valence-electron chi connectivity index (χ1n) is 5.85.